The van der Waals surface area contributed by atoms with E-state index in [9.17, 15) is 22.8 Å². The molecule has 2 amide bonds. The summed E-state index contributed by atoms with van der Waals surface area (Å²) in [7, 11) is 0. The fourth-order valence-corrected chi connectivity index (χ4v) is 7.45. The summed E-state index contributed by atoms with van der Waals surface area (Å²) in [6.45, 7) is 0.489. The minimum atomic E-state index is -4.39. The molecular formula is C33H34F3N3O3S3. The van der Waals surface area contributed by atoms with Crippen LogP contribution in [0.1, 0.15) is 79.4 Å². The maximum absolute atomic E-state index is 13.0. The molecule has 45 heavy (non-hydrogen) atoms. The molecule has 1 aliphatic heterocycles. The molecule has 0 spiro atoms. The van der Waals surface area contributed by atoms with E-state index >= 15 is 0 Å². The summed E-state index contributed by atoms with van der Waals surface area (Å²) in [5, 5.41) is 3.18. The molecule has 2 aliphatic rings. The Morgan fingerprint density at radius 3 is 2.62 bits per heavy atom. The Kier molecular flexibility index (Phi) is 11.3. The van der Waals surface area contributed by atoms with Gasteiger partial charge in [0.05, 0.1) is 16.6 Å². The van der Waals surface area contributed by atoms with E-state index in [1.807, 2.05) is 30.3 Å². The second kappa shape index (κ2) is 15.4. The van der Waals surface area contributed by atoms with Crippen molar-refractivity contribution in [1.29, 1.82) is 0 Å². The van der Waals surface area contributed by atoms with Gasteiger partial charge in [0.25, 0.3) is 5.91 Å². The number of alkyl halides is 3. The quantitative estimate of drug-likeness (QED) is 0.118. The van der Waals surface area contributed by atoms with Gasteiger partial charge in [0.15, 0.2) is 5.13 Å². The third-order valence-corrected chi connectivity index (χ3v) is 9.92. The summed E-state index contributed by atoms with van der Waals surface area (Å²) in [6, 6.07) is 13.0. The second-order valence-corrected chi connectivity index (χ2v) is 13.9. The summed E-state index contributed by atoms with van der Waals surface area (Å²) in [5.74, 6) is 0.569. The molecule has 1 saturated carbocycles. The lowest BCUT2D eigenvalue weighted by molar-refractivity contribution is -0.137. The second-order valence-electron chi connectivity index (χ2n) is 11.1. The number of hydrogen-bond acceptors (Lipinski definition) is 7. The van der Waals surface area contributed by atoms with Crippen LogP contribution in [0.3, 0.4) is 0 Å². The van der Waals surface area contributed by atoms with Gasteiger partial charge in [-0.25, -0.2) is 4.98 Å². The van der Waals surface area contributed by atoms with Gasteiger partial charge in [-0.1, -0.05) is 67.2 Å². The maximum Gasteiger partial charge on any atom is 0.416 e. The number of anilines is 1. The predicted octanol–water partition coefficient (Wildman–Crippen LogP) is 8.86. The molecule has 0 radical (unpaired) electrons. The van der Waals surface area contributed by atoms with Gasteiger partial charge < -0.3 is 10.1 Å². The number of hydrogen-bond donors (Lipinski definition) is 1. The van der Waals surface area contributed by atoms with Crippen molar-refractivity contribution < 1.29 is 27.5 Å². The van der Waals surface area contributed by atoms with Gasteiger partial charge in [-0.3, -0.25) is 14.5 Å². The highest BCUT2D eigenvalue weighted by molar-refractivity contribution is 8.26. The number of amides is 2. The van der Waals surface area contributed by atoms with Crippen molar-refractivity contribution in [2.24, 2.45) is 0 Å². The Morgan fingerprint density at radius 1 is 1.09 bits per heavy atom. The first-order valence-corrected chi connectivity index (χ1v) is 17.1. The molecular weight excluding hydrogens is 640 g/mol. The normalized spacial score (nSPS) is 16.9. The van der Waals surface area contributed by atoms with E-state index in [0.717, 1.165) is 47.6 Å². The minimum absolute atomic E-state index is 0.102. The van der Waals surface area contributed by atoms with Crippen molar-refractivity contribution >= 4 is 62.7 Å². The highest BCUT2D eigenvalue weighted by Gasteiger charge is 2.32. The first kappa shape index (κ1) is 33.2. The third kappa shape index (κ3) is 9.64. The molecule has 2 aromatic carbocycles. The summed E-state index contributed by atoms with van der Waals surface area (Å²) in [4.78, 5) is 32.6. The maximum atomic E-state index is 13.0. The molecule has 6 nitrogen and oxygen atoms in total. The van der Waals surface area contributed by atoms with Crippen LogP contribution in [0.15, 0.2) is 59.6 Å². The van der Waals surface area contributed by atoms with Gasteiger partial charge in [-0.2, -0.15) is 13.2 Å². The van der Waals surface area contributed by atoms with Crippen LogP contribution in [0.25, 0.3) is 6.08 Å². The van der Waals surface area contributed by atoms with E-state index in [4.69, 9.17) is 17.0 Å². The number of benzene rings is 2. The van der Waals surface area contributed by atoms with Gasteiger partial charge >= 0.3 is 6.18 Å². The van der Waals surface area contributed by atoms with E-state index in [2.05, 4.69) is 10.3 Å². The first-order valence-electron chi connectivity index (χ1n) is 15.1. The standard InChI is InChI=1S/C33H34F3N3O3S3/c34-33(35,36)24-9-7-8-23(18-24)19-27-21-37-31(44-27)38-29(40)12-5-2-6-17-39-30(41)28(45-32(39)43)20-22-13-15-26(16-14-22)42-25-10-3-1-4-11-25/h7-9,13-16,18,20-21,25H,1-6,10-12,17,19H2,(H,37,38,40)/b28-20-. The van der Waals surface area contributed by atoms with Crippen LogP contribution in [-0.2, 0) is 22.2 Å². The molecule has 0 atom stereocenters. The number of carbonyl (C=O) groups excluding carboxylic acids is 2. The van der Waals surface area contributed by atoms with Crippen molar-refractivity contribution in [3.8, 4) is 5.75 Å². The molecule has 3 aromatic rings. The van der Waals surface area contributed by atoms with Gasteiger partial charge in [-0.05, 0) is 73.9 Å². The zero-order chi connectivity index (χ0) is 31.8. The third-order valence-electron chi connectivity index (χ3n) is 7.62. The number of nitrogens with one attached hydrogen (secondary N) is 1. The van der Waals surface area contributed by atoms with Gasteiger partial charge in [0.1, 0.15) is 10.1 Å². The number of nitrogens with zero attached hydrogens (tertiary/aromatic N) is 2. The molecule has 1 aliphatic carbocycles. The Morgan fingerprint density at radius 2 is 1.87 bits per heavy atom. The Hall–Kier alpha value is -3.22. The Bertz CT molecular complexity index is 1530. The van der Waals surface area contributed by atoms with Crippen LogP contribution in [-0.4, -0.2) is 38.7 Å². The van der Waals surface area contributed by atoms with Crippen LogP contribution in [0.5, 0.6) is 5.75 Å². The highest BCUT2D eigenvalue weighted by Crippen LogP contribution is 2.34. The number of unbranched alkanes of at least 4 members (excludes halogenated alkanes) is 2. The lowest BCUT2D eigenvalue weighted by atomic mass is 9.98. The molecule has 0 unspecified atom stereocenters. The number of thiocarbonyl (C=S) groups is 1. The lowest BCUT2D eigenvalue weighted by Gasteiger charge is -2.22. The average molecular weight is 674 g/mol. The molecule has 0 bridgehead atoms. The molecule has 1 aromatic heterocycles. The first-order chi connectivity index (χ1) is 21.6. The van der Waals surface area contributed by atoms with Crippen molar-refractivity contribution in [1.82, 2.24) is 9.88 Å². The summed E-state index contributed by atoms with van der Waals surface area (Å²) in [6.07, 6.45) is 7.90. The largest absolute Gasteiger partial charge is 0.490 e. The topological polar surface area (TPSA) is 71.5 Å². The van der Waals surface area contributed by atoms with E-state index in [1.165, 1.54) is 48.4 Å². The molecule has 2 heterocycles. The summed E-state index contributed by atoms with van der Waals surface area (Å²) >= 11 is 8.01. The Balaban J connectivity index is 1.01. The van der Waals surface area contributed by atoms with Crippen LogP contribution in [0.4, 0.5) is 18.3 Å². The van der Waals surface area contributed by atoms with Crippen molar-refractivity contribution in [2.45, 2.75) is 76.5 Å². The van der Waals surface area contributed by atoms with Crippen molar-refractivity contribution in [3.05, 3.63) is 81.2 Å². The number of thioether (sulfide) groups is 1. The molecule has 1 N–H and O–H groups in total. The number of aromatic nitrogens is 1. The summed E-state index contributed by atoms with van der Waals surface area (Å²) < 4.78 is 45.6. The molecule has 238 valence electrons. The average Bonchev–Trinajstić information content (AvgIpc) is 3.56. The zero-order valence-electron chi connectivity index (χ0n) is 24.6. The van der Waals surface area contributed by atoms with Crippen LogP contribution >= 0.6 is 35.3 Å². The SMILES string of the molecule is O=C(CCCCCN1C(=O)/C(=C/c2ccc(OC3CCCCC3)cc2)SC1=S)Nc1ncc(Cc2cccc(C(F)(F)F)c2)s1. The van der Waals surface area contributed by atoms with Crippen molar-refractivity contribution in [3.63, 3.8) is 0 Å². The lowest BCUT2D eigenvalue weighted by Crippen LogP contribution is -2.29. The number of rotatable bonds is 12. The molecule has 2 fully saturated rings. The minimum Gasteiger partial charge on any atom is -0.490 e. The van der Waals surface area contributed by atoms with E-state index < -0.39 is 11.7 Å². The zero-order valence-corrected chi connectivity index (χ0v) is 27.1. The smallest absolute Gasteiger partial charge is 0.416 e. The van der Waals surface area contributed by atoms with E-state index in [0.29, 0.717) is 52.1 Å². The number of ether oxygens (including phenoxy) is 1. The van der Waals surface area contributed by atoms with Gasteiger partial charge in [0.2, 0.25) is 5.91 Å². The molecule has 1 saturated heterocycles. The molecule has 5 rings (SSSR count). The number of thiazole rings is 1. The van der Waals surface area contributed by atoms with Gasteiger partial charge in [0, 0.05) is 30.5 Å². The monoisotopic (exact) mass is 673 g/mol. The highest BCUT2D eigenvalue weighted by atomic mass is 32.2. The van der Waals surface area contributed by atoms with Crippen LogP contribution in [0, 0.1) is 0 Å². The van der Waals surface area contributed by atoms with Crippen LogP contribution < -0.4 is 10.1 Å². The number of carbonyl (C=O) groups is 2. The van der Waals surface area contributed by atoms with Gasteiger partial charge in [-0.15, -0.1) is 11.3 Å². The fourth-order valence-electron chi connectivity index (χ4n) is 5.28. The number of halogens is 3. The fraction of sp³-hybridized carbons (Fsp3) is 0.394. The summed E-state index contributed by atoms with van der Waals surface area (Å²) in [5.41, 5.74) is 0.753. The van der Waals surface area contributed by atoms with E-state index in [1.54, 1.807) is 17.2 Å². The molecule has 12 heteroatoms. The Labute approximate surface area is 274 Å². The van der Waals surface area contributed by atoms with Crippen molar-refractivity contribution in [2.75, 3.05) is 11.9 Å². The van der Waals surface area contributed by atoms with E-state index in [-0.39, 0.29) is 17.9 Å². The van der Waals surface area contributed by atoms with Crippen LogP contribution in [0.2, 0.25) is 0 Å². The predicted molar refractivity (Wildman–Crippen MR) is 177 cm³/mol.